The first-order valence-electron chi connectivity index (χ1n) is 10.0. The molecule has 30 heavy (non-hydrogen) atoms. The highest BCUT2D eigenvalue weighted by molar-refractivity contribution is 6.04. The first-order valence-corrected chi connectivity index (χ1v) is 10.0. The molecule has 2 amide bonds. The van der Waals surface area contributed by atoms with Gasteiger partial charge in [0, 0.05) is 6.04 Å². The lowest BCUT2D eigenvalue weighted by molar-refractivity contribution is -0.139. The van der Waals surface area contributed by atoms with E-state index in [1.165, 1.54) is 7.11 Å². The molecule has 1 aliphatic rings. The lowest BCUT2D eigenvalue weighted by atomic mass is 10.1. The summed E-state index contributed by atoms with van der Waals surface area (Å²) in [5.74, 6) is -0.362. The molecule has 1 aliphatic carbocycles. The molecule has 0 saturated heterocycles. The molecule has 2 N–H and O–H groups in total. The van der Waals surface area contributed by atoms with Gasteiger partial charge in [0.15, 0.2) is 6.61 Å². The summed E-state index contributed by atoms with van der Waals surface area (Å²) in [4.78, 5) is 36.2. The van der Waals surface area contributed by atoms with Crippen molar-refractivity contribution in [3.8, 4) is 5.75 Å². The van der Waals surface area contributed by atoms with Crippen LogP contribution < -0.4 is 15.4 Å². The zero-order valence-electron chi connectivity index (χ0n) is 17.0. The standard InChI is InChI=1S/C23H26N2O5/c1-29-22(27)14-16-10-12-18(13-11-16)30-15-21(26)25-20-9-5-4-8-19(20)23(28)24-17-6-2-3-7-17/h4-5,8-13,17H,2-3,6-7,14-15H2,1H3,(H,24,28)(H,25,26). The van der Waals surface area contributed by atoms with Gasteiger partial charge in [-0.3, -0.25) is 14.4 Å². The number of rotatable bonds is 8. The van der Waals surface area contributed by atoms with E-state index in [4.69, 9.17) is 4.74 Å². The van der Waals surface area contributed by atoms with E-state index in [-0.39, 0.29) is 36.9 Å². The summed E-state index contributed by atoms with van der Waals surface area (Å²) in [5, 5.41) is 5.78. The maximum atomic E-state index is 12.6. The summed E-state index contributed by atoms with van der Waals surface area (Å²) in [6.45, 7) is -0.199. The summed E-state index contributed by atoms with van der Waals surface area (Å²) in [5.41, 5.74) is 1.68. The summed E-state index contributed by atoms with van der Waals surface area (Å²) in [6.07, 6.45) is 4.42. The molecular weight excluding hydrogens is 384 g/mol. The quantitative estimate of drug-likeness (QED) is 0.653. The smallest absolute Gasteiger partial charge is 0.309 e. The molecule has 0 heterocycles. The van der Waals surface area contributed by atoms with Crippen molar-refractivity contribution >= 4 is 23.5 Å². The van der Waals surface area contributed by atoms with Crippen LogP contribution in [-0.2, 0) is 20.7 Å². The molecule has 7 nitrogen and oxygen atoms in total. The second kappa shape index (κ2) is 10.4. The number of amides is 2. The van der Waals surface area contributed by atoms with Crippen molar-refractivity contribution in [2.24, 2.45) is 0 Å². The van der Waals surface area contributed by atoms with E-state index in [2.05, 4.69) is 15.4 Å². The third-order valence-electron chi connectivity index (χ3n) is 5.01. The summed E-state index contributed by atoms with van der Waals surface area (Å²) >= 11 is 0. The van der Waals surface area contributed by atoms with Gasteiger partial charge < -0.3 is 20.1 Å². The van der Waals surface area contributed by atoms with E-state index in [0.717, 1.165) is 31.2 Å². The Bertz CT molecular complexity index is 889. The first-order chi connectivity index (χ1) is 14.5. The van der Waals surface area contributed by atoms with E-state index >= 15 is 0 Å². The second-order valence-electron chi connectivity index (χ2n) is 7.23. The fourth-order valence-electron chi connectivity index (χ4n) is 3.40. The van der Waals surface area contributed by atoms with Crippen LogP contribution in [0.25, 0.3) is 0 Å². The van der Waals surface area contributed by atoms with Gasteiger partial charge in [0.1, 0.15) is 5.75 Å². The normalized spacial score (nSPS) is 13.5. The first kappa shape index (κ1) is 21.4. The predicted molar refractivity (Wildman–Crippen MR) is 112 cm³/mol. The number of carbonyl (C=O) groups excluding carboxylic acids is 3. The molecule has 0 aromatic heterocycles. The molecule has 2 aromatic carbocycles. The summed E-state index contributed by atoms with van der Waals surface area (Å²) in [6, 6.07) is 14.0. The molecule has 0 unspecified atom stereocenters. The van der Waals surface area contributed by atoms with Crippen molar-refractivity contribution in [1.29, 1.82) is 0 Å². The molecule has 1 saturated carbocycles. The molecule has 0 aliphatic heterocycles. The molecule has 2 aromatic rings. The number of esters is 1. The summed E-state index contributed by atoms with van der Waals surface area (Å²) in [7, 11) is 1.34. The van der Waals surface area contributed by atoms with Crippen molar-refractivity contribution in [1.82, 2.24) is 5.32 Å². The molecular formula is C23H26N2O5. The molecule has 158 valence electrons. The van der Waals surface area contributed by atoms with Crippen molar-refractivity contribution in [3.05, 3.63) is 59.7 Å². The van der Waals surface area contributed by atoms with Crippen LogP contribution in [-0.4, -0.2) is 37.5 Å². The van der Waals surface area contributed by atoms with E-state index in [0.29, 0.717) is 17.0 Å². The number of carbonyl (C=O) groups is 3. The van der Waals surface area contributed by atoms with Gasteiger partial charge in [-0.1, -0.05) is 37.1 Å². The summed E-state index contributed by atoms with van der Waals surface area (Å²) < 4.78 is 10.1. The second-order valence-corrected chi connectivity index (χ2v) is 7.23. The number of methoxy groups -OCH3 is 1. The highest BCUT2D eigenvalue weighted by Gasteiger charge is 2.20. The molecule has 0 bridgehead atoms. The molecule has 1 fully saturated rings. The number of anilines is 1. The average molecular weight is 410 g/mol. The third-order valence-corrected chi connectivity index (χ3v) is 5.01. The number of ether oxygens (including phenoxy) is 2. The van der Waals surface area contributed by atoms with E-state index in [9.17, 15) is 14.4 Å². The van der Waals surface area contributed by atoms with Crippen LogP contribution in [0.2, 0.25) is 0 Å². The van der Waals surface area contributed by atoms with Crippen molar-refractivity contribution in [2.75, 3.05) is 19.0 Å². The van der Waals surface area contributed by atoms with Gasteiger partial charge in [-0.05, 0) is 42.7 Å². The minimum absolute atomic E-state index is 0.178. The van der Waals surface area contributed by atoms with Crippen LogP contribution in [0.15, 0.2) is 48.5 Å². The largest absolute Gasteiger partial charge is 0.484 e. The molecule has 7 heteroatoms. The molecule has 0 atom stereocenters. The molecule has 3 rings (SSSR count). The number of para-hydroxylation sites is 1. The Labute approximate surface area is 175 Å². The van der Waals surface area contributed by atoms with Crippen molar-refractivity contribution in [2.45, 2.75) is 38.1 Å². The van der Waals surface area contributed by atoms with Gasteiger partial charge in [-0.25, -0.2) is 0 Å². The van der Waals surface area contributed by atoms with Crippen LogP contribution in [0.3, 0.4) is 0 Å². The maximum absolute atomic E-state index is 12.6. The van der Waals surface area contributed by atoms with Gasteiger partial charge in [0.25, 0.3) is 11.8 Å². The van der Waals surface area contributed by atoms with Crippen molar-refractivity contribution in [3.63, 3.8) is 0 Å². The van der Waals surface area contributed by atoms with Crippen LogP contribution in [0.5, 0.6) is 5.75 Å². The van der Waals surface area contributed by atoms with Crippen molar-refractivity contribution < 1.29 is 23.9 Å². The SMILES string of the molecule is COC(=O)Cc1ccc(OCC(=O)Nc2ccccc2C(=O)NC2CCCC2)cc1. The lowest BCUT2D eigenvalue weighted by Gasteiger charge is -2.15. The number of nitrogens with one attached hydrogen (secondary N) is 2. The molecule has 0 spiro atoms. The number of hydrogen-bond donors (Lipinski definition) is 2. The Kier molecular flexibility index (Phi) is 7.43. The van der Waals surface area contributed by atoms with Crippen LogP contribution >= 0.6 is 0 Å². The fraction of sp³-hybridized carbons (Fsp3) is 0.348. The van der Waals surface area contributed by atoms with Gasteiger partial charge in [0.2, 0.25) is 0 Å². The van der Waals surface area contributed by atoms with Gasteiger partial charge in [-0.15, -0.1) is 0 Å². The highest BCUT2D eigenvalue weighted by Crippen LogP contribution is 2.20. The van der Waals surface area contributed by atoms with Gasteiger partial charge >= 0.3 is 5.97 Å². The van der Waals surface area contributed by atoms with Crippen LogP contribution in [0.1, 0.15) is 41.6 Å². The minimum Gasteiger partial charge on any atom is -0.484 e. The van der Waals surface area contributed by atoms with Gasteiger partial charge in [-0.2, -0.15) is 0 Å². The van der Waals surface area contributed by atoms with E-state index in [1.54, 1.807) is 48.5 Å². The van der Waals surface area contributed by atoms with E-state index < -0.39 is 0 Å². The minimum atomic E-state index is -0.366. The lowest BCUT2D eigenvalue weighted by Crippen LogP contribution is -2.33. The monoisotopic (exact) mass is 410 g/mol. The Morgan fingerprint density at radius 3 is 2.40 bits per heavy atom. The molecule has 0 radical (unpaired) electrons. The predicted octanol–water partition coefficient (Wildman–Crippen LogP) is 3.09. The average Bonchev–Trinajstić information content (AvgIpc) is 3.26. The zero-order valence-corrected chi connectivity index (χ0v) is 17.0. The Morgan fingerprint density at radius 2 is 1.70 bits per heavy atom. The van der Waals surface area contributed by atoms with Gasteiger partial charge in [0.05, 0.1) is 24.8 Å². The number of hydrogen-bond acceptors (Lipinski definition) is 5. The highest BCUT2D eigenvalue weighted by atomic mass is 16.5. The van der Waals surface area contributed by atoms with E-state index in [1.807, 2.05) is 0 Å². The Balaban J connectivity index is 1.53. The third kappa shape index (κ3) is 6.07. The Hall–Kier alpha value is -3.35. The topological polar surface area (TPSA) is 93.7 Å². The maximum Gasteiger partial charge on any atom is 0.309 e. The van der Waals surface area contributed by atoms with Crippen LogP contribution in [0.4, 0.5) is 5.69 Å². The zero-order chi connectivity index (χ0) is 21.3. The van der Waals surface area contributed by atoms with Crippen LogP contribution in [0, 0.1) is 0 Å². The fourth-order valence-corrected chi connectivity index (χ4v) is 3.40. The Morgan fingerprint density at radius 1 is 1.00 bits per heavy atom. The number of benzene rings is 2.